The zero-order valence-corrected chi connectivity index (χ0v) is 13.1. The first-order chi connectivity index (χ1) is 10.6. The van der Waals surface area contributed by atoms with Crippen LogP contribution in [0.2, 0.25) is 0 Å². The number of aryl methyl sites for hydroxylation is 1. The average molecular weight is 320 g/mol. The van der Waals surface area contributed by atoms with Gasteiger partial charge in [-0.2, -0.15) is 0 Å². The molecule has 0 saturated carbocycles. The van der Waals surface area contributed by atoms with Crippen LogP contribution in [0.3, 0.4) is 0 Å². The van der Waals surface area contributed by atoms with Crippen molar-refractivity contribution in [2.45, 2.75) is 33.5 Å². The maximum Gasteiger partial charge on any atom is 0.350 e. The van der Waals surface area contributed by atoms with E-state index < -0.39 is 22.6 Å². The van der Waals surface area contributed by atoms with Crippen LogP contribution in [0.15, 0.2) is 23.9 Å². The Hall–Kier alpha value is -2.90. The van der Waals surface area contributed by atoms with Crippen LogP contribution in [0, 0.1) is 24.0 Å². The number of nitro groups is 1. The number of cyclic esters (lactones) is 2. The second-order valence-electron chi connectivity index (χ2n) is 5.54. The van der Waals surface area contributed by atoms with Gasteiger partial charge in [0, 0.05) is 26.1 Å². The molecule has 1 aliphatic heterocycles. The standard InChI is InChI=1S/C15H16N2O6/c1-8-5-6-11(17(20)21)9(2)12(8)16-7-10-13(18)22-15(3,4)23-14(10)19/h5-7,16H,1-4H3. The number of hydrogen-bond donors (Lipinski definition) is 1. The van der Waals surface area contributed by atoms with Crippen molar-refractivity contribution < 1.29 is 24.0 Å². The molecule has 0 amide bonds. The molecule has 23 heavy (non-hydrogen) atoms. The lowest BCUT2D eigenvalue weighted by Crippen LogP contribution is -2.42. The second-order valence-corrected chi connectivity index (χ2v) is 5.54. The Bertz CT molecular complexity index is 714. The molecule has 8 heteroatoms. The van der Waals surface area contributed by atoms with Crippen LogP contribution in [0.5, 0.6) is 0 Å². The van der Waals surface area contributed by atoms with Crippen LogP contribution in [0.4, 0.5) is 11.4 Å². The highest BCUT2D eigenvalue weighted by molar-refractivity contribution is 6.15. The minimum Gasteiger partial charge on any atom is -0.419 e. The van der Waals surface area contributed by atoms with Crippen LogP contribution in [-0.2, 0) is 19.1 Å². The van der Waals surface area contributed by atoms with Crippen molar-refractivity contribution in [1.82, 2.24) is 0 Å². The van der Waals surface area contributed by atoms with Crippen molar-refractivity contribution >= 4 is 23.3 Å². The number of carbonyl (C=O) groups excluding carboxylic acids is 2. The van der Waals surface area contributed by atoms with Gasteiger partial charge in [-0.05, 0) is 19.4 Å². The number of ether oxygens (including phenoxy) is 2. The number of rotatable bonds is 3. The molecule has 1 N–H and O–H groups in total. The first-order valence-corrected chi connectivity index (χ1v) is 6.80. The summed E-state index contributed by atoms with van der Waals surface area (Å²) < 4.78 is 9.94. The van der Waals surface area contributed by atoms with Crippen molar-refractivity contribution in [3.05, 3.63) is 45.1 Å². The lowest BCUT2D eigenvalue weighted by Gasteiger charge is -2.29. The number of hydrogen-bond acceptors (Lipinski definition) is 7. The largest absolute Gasteiger partial charge is 0.419 e. The summed E-state index contributed by atoms with van der Waals surface area (Å²) >= 11 is 0. The van der Waals surface area contributed by atoms with Crippen LogP contribution < -0.4 is 5.32 Å². The van der Waals surface area contributed by atoms with Gasteiger partial charge >= 0.3 is 11.9 Å². The van der Waals surface area contributed by atoms with E-state index in [1.54, 1.807) is 19.9 Å². The van der Waals surface area contributed by atoms with Gasteiger partial charge in [-0.3, -0.25) is 10.1 Å². The highest BCUT2D eigenvalue weighted by Crippen LogP contribution is 2.29. The fourth-order valence-corrected chi connectivity index (χ4v) is 2.18. The molecule has 1 aliphatic rings. The van der Waals surface area contributed by atoms with E-state index in [1.165, 1.54) is 19.9 Å². The van der Waals surface area contributed by atoms with E-state index in [1.807, 2.05) is 0 Å². The van der Waals surface area contributed by atoms with Gasteiger partial charge in [0.2, 0.25) is 0 Å². The molecule has 122 valence electrons. The summed E-state index contributed by atoms with van der Waals surface area (Å²) in [6, 6.07) is 2.97. The first kappa shape index (κ1) is 16.5. The molecule has 0 radical (unpaired) electrons. The van der Waals surface area contributed by atoms with Gasteiger partial charge in [-0.15, -0.1) is 0 Å². The molecular formula is C15H16N2O6. The van der Waals surface area contributed by atoms with E-state index in [2.05, 4.69) is 5.32 Å². The SMILES string of the molecule is Cc1ccc([N+](=O)[O-])c(C)c1NC=C1C(=O)OC(C)(C)OC1=O. The number of carbonyl (C=O) groups is 2. The van der Waals surface area contributed by atoms with E-state index in [4.69, 9.17) is 9.47 Å². The zero-order valence-electron chi connectivity index (χ0n) is 13.1. The van der Waals surface area contributed by atoms with Crippen LogP contribution in [0.1, 0.15) is 25.0 Å². The molecule has 1 aromatic rings. The molecule has 0 unspecified atom stereocenters. The molecule has 2 rings (SSSR count). The van der Waals surface area contributed by atoms with Crippen LogP contribution >= 0.6 is 0 Å². The highest BCUT2D eigenvalue weighted by Gasteiger charge is 2.39. The topological polar surface area (TPSA) is 108 Å². The van der Waals surface area contributed by atoms with E-state index >= 15 is 0 Å². The molecular weight excluding hydrogens is 304 g/mol. The number of nitro benzene ring substituents is 1. The van der Waals surface area contributed by atoms with Gasteiger partial charge in [0.25, 0.3) is 11.5 Å². The van der Waals surface area contributed by atoms with Gasteiger partial charge in [0.15, 0.2) is 5.57 Å². The summed E-state index contributed by atoms with van der Waals surface area (Å²) in [5.74, 6) is -2.96. The van der Waals surface area contributed by atoms with E-state index in [0.29, 0.717) is 11.3 Å². The third-order valence-corrected chi connectivity index (χ3v) is 3.32. The van der Waals surface area contributed by atoms with Crippen molar-refractivity contribution in [3.63, 3.8) is 0 Å². The molecule has 0 spiro atoms. The third-order valence-electron chi connectivity index (χ3n) is 3.32. The summed E-state index contributed by atoms with van der Waals surface area (Å²) in [4.78, 5) is 34.2. The summed E-state index contributed by atoms with van der Waals surface area (Å²) in [5, 5.41) is 13.7. The monoisotopic (exact) mass is 320 g/mol. The van der Waals surface area contributed by atoms with E-state index in [-0.39, 0.29) is 11.3 Å². The van der Waals surface area contributed by atoms with E-state index in [9.17, 15) is 19.7 Å². The normalized spacial score (nSPS) is 16.4. The Morgan fingerprint density at radius 1 is 1.17 bits per heavy atom. The van der Waals surface area contributed by atoms with Gasteiger partial charge in [-0.1, -0.05) is 6.07 Å². The summed E-state index contributed by atoms with van der Waals surface area (Å²) in [7, 11) is 0. The third kappa shape index (κ3) is 3.31. The lowest BCUT2D eigenvalue weighted by molar-refractivity contribution is -0.385. The zero-order chi connectivity index (χ0) is 17.4. The Balaban J connectivity index is 2.34. The van der Waals surface area contributed by atoms with Gasteiger partial charge in [0.1, 0.15) is 0 Å². The molecule has 1 heterocycles. The summed E-state index contributed by atoms with van der Waals surface area (Å²) in [6.45, 7) is 6.22. The first-order valence-electron chi connectivity index (χ1n) is 6.80. The fraction of sp³-hybridized carbons (Fsp3) is 0.333. The van der Waals surface area contributed by atoms with Crippen LogP contribution in [0.25, 0.3) is 0 Å². The van der Waals surface area contributed by atoms with Gasteiger partial charge < -0.3 is 14.8 Å². The molecule has 0 atom stereocenters. The van der Waals surface area contributed by atoms with Crippen molar-refractivity contribution in [2.24, 2.45) is 0 Å². The molecule has 1 fully saturated rings. The number of esters is 2. The Labute approximate surface area is 132 Å². The quantitative estimate of drug-likeness (QED) is 0.299. The molecule has 0 aromatic heterocycles. The molecule has 1 saturated heterocycles. The fourth-order valence-electron chi connectivity index (χ4n) is 2.18. The molecule has 0 bridgehead atoms. The molecule has 0 aliphatic carbocycles. The number of anilines is 1. The van der Waals surface area contributed by atoms with Crippen molar-refractivity contribution in [3.8, 4) is 0 Å². The second kappa shape index (κ2) is 5.71. The minimum atomic E-state index is -1.32. The number of nitrogens with one attached hydrogen (secondary N) is 1. The predicted octanol–water partition coefficient (Wildman–Crippen LogP) is 2.34. The Morgan fingerprint density at radius 3 is 2.26 bits per heavy atom. The van der Waals surface area contributed by atoms with Gasteiger partial charge in [-0.25, -0.2) is 9.59 Å². The van der Waals surface area contributed by atoms with Crippen molar-refractivity contribution in [2.75, 3.05) is 5.32 Å². The minimum absolute atomic E-state index is 0.0635. The molecule has 1 aromatic carbocycles. The Kier molecular flexibility index (Phi) is 4.09. The van der Waals surface area contributed by atoms with E-state index in [0.717, 1.165) is 11.8 Å². The lowest BCUT2D eigenvalue weighted by atomic mass is 10.1. The van der Waals surface area contributed by atoms with Gasteiger partial charge in [0.05, 0.1) is 16.2 Å². The predicted molar refractivity (Wildman–Crippen MR) is 80.5 cm³/mol. The Morgan fingerprint density at radius 2 is 1.74 bits per heavy atom. The number of nitrogens with zero attached hydrogens (tertiary/aromatic N) is 1. The highest BCUT2D eigenvalue weighted by atomic mass is 16.7. The average Bonchev–Trinajstić information content (AvgIpc) is 2.39. The molecule has 8 nitrogen and oxygen atoms in total. The van der Waals surface area contributed by atoms with Crippen LogP contribution in [-0.4, -0.2) is 22.6 Å². The maximum atomic E-state index is 11.8. The summed E-state index contributed by atoms with van der Waals surface area (Å²) in [5.41, 5.74) is 1.19. The van der Waals surface area contributed by atoms with Crippen molar-refractivity contribution in [1.29, 1.82) is 0 Å². The smallest absolute Gasteiger partial charge is 0.350 e. The number of benzene rings is 1. The maximum absolute atomic E-state index is 11.8. The summed E-state index contributed by atoms with van der Waals surface area (Å²) in [6.07, 6.45) is 1.14.